The molecule has 3 rings (SSSR count). The number of nitrogens with one attached hydrogen (secondary N) is 1. The molecule has 7 heteroatoms. The average molecular weight is 306 g/mol. The van der Waals surface area contributed by atoms with Crippen LogP contribution in [0.1, 0.15) is 6.42 Å². The molecular formula is C15H22N4O3. The van der Waals surface area contributed by atoms with Crippen LogP contribution in [0.15, 0.2) is 18.2 Å². The van der Waals surface area contributed by atoms with E-state index in [4.69, 9.17) is 4.74 Å². The van der Waals surface area contributed by atoms with Crippen molar-refractivity contribution in [3.8, 4) is 5.75 Å². The molecule has 2 heterocycles. The molecule has 2 aliphatic heterocycles. The molecule has 2 aliphatic rings. The van der Waals surface area contributed by atoms with Crippen LogP contribution in [0, 0.1) is 10.1 Å². The summed E-state index contributed by atoms with van der Waals surface area (Å²) in [4.78, 5) is 15.5. The average Bonchev–Trinajstić information content (AvgIpc) is 3.09. The van der Waals surface area contributed by atoms with Gasteiger partial charge in [-0.15, -0.1) is 0 Å². The summed E-state index contributed by atoms with van der Waals surface area (Å²) in [6.07, 6.45) is 1.19. The minimum atomic E-state index is -0.317. The van der Waals surface area contributed by atoms with Gasteiger partial charge in [0, 0.05) is 50.9 Å². The molecule has 0 amide bonds. The van der Waals surface area contributed by atoms with E-state index >= 15 is 0 Å². The lowest BCUT2D eigenvalue weighted by atomic mass is 10.1. The van der Waals surface area contributed by atoms with Crippen molar-refractivity contribution in [3.63, 3.8) is 0 Å². The maximum atomic E-state index is 11.3. The lowest BCUT2D eigenvalue weighted by molar-refractivity contribution is -0.384. The molecule has 120 valence electrons. The van der Waals surface area contributed by atoms with Crippen LogP contribution in [-0.2, 0) is 0 Å². The first-order valence-electron chi connectivity index (χ1n) is 7.71. The first-order valence-corrected chi connectivity index (χ1v) is 7.71. The second kappa shape index (κ2) is 6.50. The van der Waals surface area contributed by atoms with Crippen LogP contribution in [-0.4, -0.2) is 62.2 Å². The van der Waals surface area contributed by atoms with Gasteiger partial charge in [-0.2, -0.15) is 0 Å². The van der Waals surface area contributed by atoms with Gasteiger partial charge in [-0.05, 0) is 19.0 Å². The van der Waals surface area contributed by atoms with E-state index in [0.717, 1.165) is 39.3 Å². The number of hydrogen-bond donors (Lipinski definition) is 1. The van der Waals surface area contributed by atoms with Gasteiger partial charge >= 0.3 is 0 Å². The Kier molecular flexibility index (Phi) is 4.44. The van der Waals surface area contributed by atoms with Gasteiger partial charge in [-0.3, -0.25) is 15.0 Å². The molecule has 1 atom stereocenters. The Morgan fingerprint density at radius 3 is 2.68 bits per heavy atom. The highest BCUT2D eigenvalue weighted by atomic mass is 16.6. The highest BCUT2D eigenvalue weighted by Gasteiger charge is 2.28. The van der Waals surface area contributed by atoms with E-state index < -0.39 is 0 Å². The highest BCUT2D eigenvalue weighted by Crippen LogP contribution is 2.33. The van der Waals surface area contributed by atoms with E-state index in [2.05, 4.69) is 15.1 Å². The van der Waals surface area contributed by atoms with Crippen molar-refractivity contribution in [2.75, 3.05) is 51.3 Å². The van der Waals surface area contributed by atoms with Gasteiger partial charge in [0.1, 0.15) is 11.4 Å². The van der Waals surface area contributed by atoms with Crippen molar-refractivity contribution in [1.82, 2.24) is 10.2 Å². The van der Waals surface area contributed by atoms with Crippen LogP contribution in [0.4, 0.5) is 11.4 Å². The summed E-state index contributed by atoms with van der Waals surface area (Å²) in [6, 6.07) is 5.55. The number of piperazine rings is 1. The monoisotopic (exact) mass is 306 g/mol. The Labute approximate surface area is 130 Å². The lowest BCUT2D eigenvalue weighted by Gasteiger charge is -2.38. The maximum absolute atomic E-state index is 11.3. The fraction of sp³-hybridized carbons (Fsp3) is 0.600. The topological polar surface area (TPSA) is 70.9 Å². The molecule has 0 aromatic heterocycles. The fourth-order valence-corrected chi connectivity index (χ4v) is 3.32. The summed E-state index contributed by atoms with van der Waals surface area (Å²) in [5, 5.41) is 14.6. The van der Waals surface area contributed by atoms with Gasteiger partial charge < -0.3 is 15.0 Å². The molecular weight excluding hydrogens is 284 g/mol. The zero-order chi connectivity index (χ0) is 15.5. The number of hydrogen-bond acceptors (Lipinski definition) is 6. The lowest BCUT2D eigenvalue weighted by Crippen LogP contribution is -2.51. The smallest absolute Gasteiger partial charge is 0.292 e. The molecule has 1 N–H and O–H groups in total. The predicted octanol–water partition coefficient (Wildman–Crippen LogP) is 1.09. The molecule has 1 aromatic carbocycles. The molecule has 0 saturated carbocycles. The Morgan fingerprint density at radius 1 is 1.32 bits per heavy atom. The standard InChI is InChI=1S/C15H22N4O3/c1-22-13-2-3-14(19(20)21)15(10-13)18-8-6-17(7-9-18)12-4-5-16-11-12/h2-3,10,12,16H,4-9,11H2,1H3. The van der Waals surface area contributed by atoms with Crippen molar-refractivity contribution < 1.29 is 9.66 Å². The van der Waals surface area contributed by atoms with Gasteiger partial charge in [-0.1, -0.05) is 0 Å². The van der Waals surface area contributed by atoms with Gasteiger partial charge in [0.25, 0.3) is 5.69 Å². The molecule has 0 aliphatic carbocycles. The third-order valence-electron chi connectivity index (χ3n) is 4.58. The van der Waals surface area contributed by atoms with Crippen LogP contribution in [0.2, 0.25) is 0 Å². The molecule has 7 nitrogen and oxygen atoms in total. The fourth-order valence-electron chi connectivity index (χ4n) is 3.32. The number of nitro groups is 1. The third-order valence-corrected chi connectivity index (χ3v) is 4.58. The summed E-state index contributed by atoms with van der Waals surface area (Å²) >= 11 is 0. The number of ether oxygens (including phenoxy) is 1. The predicted molar refractivity (Wildman–Crippen MR) is 84.7 cm³/mol. The summed E-state index contributed by atoms with van der Waals surface area (Å²) < 4.78 is 5.21. The Balaban J connectivity index is 1.73. The van der Waals surface area contributed by atoms with E-state index in [0.29, 0.717) is 17.5 Å². The van der Waals surface area contributed by atoms with E-state index in [1.54, 1.807) is 19.2 Å². The van der Waals surface area contributed by atoms with Crippen molar-refractivity contribution in [2.45, 2.75) is 12.5 Å². The summed E-state index contributed by atoms with van der Waals surface area (Å²) in [6.45, 7) is 5.65. The largest absolute Gasteiger partial charge is 0.497 e. The second-order valence-electron chi connectivity index (χ2n) is 5.78. The van der Waals surface area contributed by atoms with Crippen LogP contribution in [0.25, 0.3) is 0 Å². The Morgan fingerprint density at radius 2 is 2.09 bits per heavy atom. The molecule has 1 aromatic rings. The molecule has 0 bridgehead atoms. The summed E-state index contributed by atoms with van der Waals surface area (Å²) in [5.74, 6) is 0.656. The quantitative estimate of drug-likeness (QED) is 0.663. The molecule has 1 unspecified atom stereocenters. The molecule has 2 fully saturated rings. The van der Waals surface area contributed by atoms with Crippen molar-refractivity contribution in [3.05, 3.63) is 28.3 Å². The SMILES string of the molecule is COc1ccc([N+](=O)[O-])c(N2CCN(C3CCNC3)CC2)c1. The zero-order valence-corrected chi connectivity index (χ0v) is 12.8. The van der Waals surface area contributed by atoms with Crippen molar-refractivity contribution in [1.29, 1.82) is 0 Å². The van der Waals surface area contributed by atoms with E-state index in [9.17, 15) is 10.1 Å². The van der Waals surface area contributed by atoms with Gasteiger partial charge in [0.05, 0.1) is 12.0 Å². The summed E-state index contributed by atoms with van der Waals surface area (Å²) in [7, 11) is 1.58. The molecule has 2 saturated heterocycles. The highest BCUT2D eigenvalue weighted by molar-refractivity contribution is 5.66. The van der Waals surface area contributed by atoms with E-state index in [1.807, 2.05) is 0 Å². The number of benzene rings is 1. The minimum absolute atomic E-state index is 0.150. The van der Waals surface area contributed by atoms with Gasteiger partial charge in [0.2, 0.25) is 0 Å². The van der Waals surface area contributed by atoms with Crippen LogP contribution in [0.3, 0.4) is 0 Å². The van der Waals surface area contributed by atoms with E-state index in [1.165, 1.54) is 12.5 Å². The summed E-state index contributed by atoms with van der Waals surface area (Å²) in [5.41, 5.74) is 0.810. The first kappa shape index (κ1) is 15.1. The van der Waals surface area contributed by atoms with E-state index in [-0.39, 0.29) is 10.6 Å². The molecule has 0 radical (unpaired) electrons. The Bertz CT molecular complexity index is 538. The normalized spacial score (nSPS) is 22.8. The minimum Gasteiger partial charge on any atom is -0.497 e. The van der Waals surface area contributed by atoms with Crippen molar-refractivity contribution >= 4 is 11.4 Å². The molecule has 22 heavy (non-hydrogen) atoms. The molecule has 0 spiro atoms. The van der Waals surface area contributed by atoms with Crippen molar-refractivity contribution in [2.24, 2.45) is 0 Å². The van der Waals surface area contributed by atoms with Crippen LogP contribution in [0.5, 0.6) is 5.75 Å². The van der Waals surface area contributed by atoms with Gasteiger partial charge in [-0.25, -0.2) is 0 Å². The second-order valence-corrected chi connectivity index (χ2v) is 5.78. The van der Waals surface area contributed by atoms with Crippen LogP contribution < -0.4 is 15.0 Å². The number of nitro benzene ring substituents is 1. The number of methoxy groups -OCH3 is 1. The third kappa shape index (κ3) is 3.00. The number of nitrogens with zero attached hydrogens (tertiary/aromatic N) is 3. The Hall–Kier alpha value is -1.86. The van der Waals surface area contributed by atoms with Crippen LogP contribution >= 0.6 is 0 Å². The number of anilines is 1. The maximum Gasteiger partial charge on any atom is 0.292 e. The first-order chi connectivity index (χ1) is 10.7. The number of rotatable bonds is 4. The van der Waals surface area contributed by atoms with Gasteiger partial charge in [0.15, 0.2) is 0 Å². The zero-order valence-electron chi connectivity index (χ0n) is 12.8.